The smallest absolute Gasteiger partial charge is 0.328 e. The van der Waals surface area contributed by atoms with E-state index in [0.29, 0.717) is 6.54 Å². The Morgan fingerprint density at radius 1 is 1.20 bits per heavy atom. The van der Waals surface area contributed by atoms with E-state index in [2.05, 4.69) is 26.8 Å². The normalized spacial score (nSPS) is 29.0. The van der Waals surface area contributed by atoms with Crippen molar-refractivity contribution in [3.8, 4) is 5.75 Å². The average molecular weight is 417 g/mol. The highest BCUT2D eigenvalue weighted by Gasteiger charge is 2.57. The zero-order chi connectivity index (χ0) is 21.6. The maximum atomic E-state index is 13.3. The number of urea groups is 1. The molecule has 4 atom stereocenters. The van der Waals surface area contributed by atoms with Gasteiger partial charge in [0.25, 0.3) is 5.91 Å². The van der Waals surface area contributed by atoms with Crippen LogP contribution >= 0.6 is 0 Å². The number of anilines is 1. The molecule has 0 saturated carbocycles. The quantitative estimate of drug-likeness (QED) is 0.690. The number of hydrogen-bond donors (Lipinski definition) is 1. The number of esters is 1. The van der Waals surface area contributed by atoms with Crippen LogP contribution in [0, 0.1) is 5.92 Å². The van der Waals surface area contributed by atoms with Gasteiger partial charge in [-0.3, -0.25) is 24.7 Å². The van der Waals surface area contributed by atoms with Crippen molar-refractivity contribution in [3.05, 3.63) is 24.3 Å². The van der Waals surface area contributed by atoms with Crippen LogP contribution in [0.2, 0.25) is 0 Å². The molecule has 1 N–H and O–H groups in total. The summed E-state index contributed by atoms with van der Waals surface area (Å²) in [7, 11) is 4.50. The second kappa shape index (κ2) is 7.77. The number of likely N-dealkylation sites (N-methyl/N-ethyl adjacent to an activating group) is 1. The van der Waals surface area contributed by atoms with Crippen molar-refractivity contribution >= 4 is 23.6 Å². The molecule has 0 spiro atoms. The average Bonchev–Trinajstić information content (AvgIpc) is 3.13. The lowest BCUT2D eigenvalue weighted by Crippen LogP contribution is -2.67. The molecular weight excluding hydrogens is 390 g/mol. The number of nitrogens with one attached hydrogen (secondary N) is 1. The Hall–Kier alpha value is -2.85. The SMILES string of the molecule is COC(=O)CN1C(=O)C2C(NC3N(c4ccccc4OC)CC(C)CN23)N(C)C1=O. The van der Waals surface area contributed by atoms with Gasteiger partial charge in [-0.1, -0.05) is 19.1 Å². The zero-order valence-corrected chi connectivity index (χ0v) is 17.6. The van der Waals surface area contributed by atoms with E-state index in [4.69, 9.17) is 4.74 Å². The van der Waals surface area contributed by atoms with Crippen LogP contribution in [-0.4, -0.2) is 92.0 Å². The number of carbonyl (C=O) groups is 3. The molecule has 3 saturated heterocycles. The number of benzene rings is 1. The van der Waals surface area contributed by atoms with Crippen molar-refractivity contribution in [1.29, 1.82) is 0 Å². The van der Waals surface area contributed by atoms with Gasteiger partial charge in [0.2, 0.25) is 0 Å². The highest BCUT2D eigenvalue weighted by molar-refractivity contribution is 6.02. The molecule has 0 aromatic heterocycles. The number of fused-ring (bicyclic) bond motifs is 3. The zero-order valence-electron chi connectivity index (χ0n) is 17.6. The van der Waals surface area contributed by atoms with Crippen LogP contribution in [0.3, 0.4) is 0 Å². The summed E-state index contributed by atoms with van der Waals surface area (Å²) in [6.07, 6.45) is -0.781. The third kappa shape index (κ3) is 3.16. The fourth-order valence-electron chi connectivity index (χ4n) is 4.61. The molecule has 10 heteroatoms. The van der Waals surface area contributed by atoms with Gasteiger partial charge in [-0.25, -0.2) is 4.79 Å². The summed E-state index contributed by atoms with van der Waals surface area (Å²) in [6, 6.07) is 6.63. The van der Waals surface area contributed by atoms with E-state index in [1.807, 2.05) is 24.3 Å². The van der Waals surface area contributed by atoms with E-state index in [1.165, 1.54) is 12.0 Å². The summed E-state index contributed by atoms with van der Waals surface area (Å²) in [5, 5.41) is 3.45. The number of rotatable bonds is 4. The van der Waals surface area contributed by atoms with Gasteiger partial charge >= 0.3 is 12.0 Å². The van der Waals surface area contributed by atoms with Gasteiger partial charge in [-0.15, -0.1) is 0 Å². The number of nitrogens with zero attached hydrogens (tertiary/aromatic N) is 4. The number of hydrogen-bond acceptors (Lipinski definition) is 8. The number of para-hydroxylation sites is 2. The standard InChI is InChI=1S/C20H27N5O5/c1-12-9-23(13-7-5-6-8-14(13)29-3)19-21-17-16(24(19)10-12)18(27)25(11-15(26)30-4)20(28)22(17)2/h5-8,12,16-17,19,21H,9-11H2,1-4H3. The van der Waals surface area contributed by atoms with Crippen LogP contribution < -0.4 is 15.0 Å². The van der Waals surface area contributed by atoms with E-state index in [9.17, 15) is 14.4 Å². The first kappa shape index (κ1) is 20.4. The molecule has 3 heterocycles. The molecule has 1 aromatic rings. The van der Waals surface area contributed by atoms with Gasteiger partial charge in [-0.05, 0) is 18.1 Å². The van der Waals surface area contributed by atoms with Crippen LogP contribution in [0.15, 0.2) is 24.3 Å². The Kier molecular flexibility index (Phi) is 5.29. The van der Waals surface area contributed by atoms with Crippen molar-refractivity contribution in [3.63, 3.8) is 0 Å². The molecule has 3 amide bonds. The molecule has 10 nitrogen and oxygen atoms in total. The lowest BCUT2D eigenvalue weighted by atomic mass is 10.0. The van der Waals surface area contributed by atoms with Crippen molar-refractivity contribution in [1.82, 2.24) is 20.0 Å². The number of ether oxygens (including phenoxy) is 2. The van der Waals surface area contributed by atoms with Gasteiger partial charge in [-0.2, -0.15) is 0 Å². The first-order valence-electron chi connectivity index (χ1n) is 9.93. The maximum absolute atomic E-state index is 13.3. The minimum atomic E-state index is -0.631. The molecule has 0 radical (unpaired) electrons. The Balaban J connectivity index is 1.69. The summed E-state index contributed by atoms with van der Waals surface area (Å²) in [4.78, 5) is 44.5. The number of amides is 3. The highest BCUT2D eigenvalue weighted by Crippen LogP contribution is 2.37. The minimum absolute atomic E-state index is 0.275. The van der Waals surface area contributed by atoms with E-state index in [1.54, 1.807) is 14.2 Å². The van der Waals surface area contributed by atoms with Crippen LogP contribution in [0.5, 0.6) is 5.75 Å². The minimum Gasteiger partial charge on any atom is -0.495 e. The van der Waals surface area contributed by atoms with Crippen molar-refractivity contribution in [2.45, 2.75) is 25.4 Å². The molecule has 4 rings (SSSR count). The highest BCUT2D eigenvalue weighted by atomic mass is 16.5. The molecule has 0 bridgehead atoms. The number of carbonyl (C=O) groups excluding carboxylic acids is 3. The summed E-state index contributed by atoms with van der Waals surface area (Å²) in [6.45, 7) is 3.18. The fraction of sp³-hybridized carbons (Fsp3) is 0.550. The van der Waals surface area contributed by atoms with E-state index >= 15 is 0 Å². The molecule has 3 fully saturated rings. The molecule has 30 heavy (non-hydrogen) atoms. The lowest BCUT2D eigenvalue weighted by molar-refractivity contribution is -0.149. The fourth-order valence-corrected chi connectivity index (χ4v) is 4.61. The predicted octanol–water partition coefficient (Wildman–Crippen LogP) is 0.102. The van der Waals surface area contributed by atoms with E-state index < -0.39 is 36.7 Å². The van der Waals surface area contributed by atoms with Gasteiger partial charge in [0.05, 0.1) is 19.9 Å². The molecule has 0 aliphatic carbocycles. The molecule has 4 unspecified atom stereocenters. The summed E-state index contributed by atoms with van der Waals surface area (Å²) in [5.41, 5.74) is 0.917. The second-order valence-electron chi connectivity index (χ2n) is 7.95. The Morgan fingerprint density at radius 3 is 2.63 bits per heavy atom. The van der Waals surface area contributed by atoms with E-state index in [0.717, 1.165) is 22.9 Å². The first-order valence-corrected chi connectivity index (χ1v) is 9.93. The molecule has 162 valence electrons. The third-order valence-corrected chi connectivity index (χ3v) is 5.99. The Labute approximate surface area is 175 Å². The number of methoxy groups -OCH3 is 2. The van der Waals surface area contributed by atoms with Crippen molar-refractivity contribution in [2.75, 3.05) is 45.8 Å². The van der Waals surface area contributed by atoms with Crippen LogP contribution in [0.1, 0.15) is 6.92 Å². The second-order valence-corrected chi connectivity index (χ2v) is 7.95. The van der Waals surface area contributed by atoms with Gasteiger partial charge in [0, 0.05) is 20.1 Å². The molecule has 1 aromatic carbocycles. The largest absolute Gasteiger partial charge is 0.495 e. The monoisotopic (exact) mass is 417 g/mol. The van der Waals surface area contributed by atoms with Gasteiger partial charge in [0.15, 0.2) is 0 Å². The van der Waals surface area contributed by atoms with Gasteiger partial charge < -0.3 is 19.3 Å². The van der Waals surface area contributed by atoms with E-state index in [-0.39, 0.29) is 12.2 Å². The Morgan fingerprint density at radius 2 is 1.93 bits per heavy atom. The molecule has 3 aliphatic heterocycles. The Bertz CT molecular complexity index is 864. The van der Waals surface area contributed by atoms with Gasteiger partial charge in [0.1, 0.15) is 30.8 Å². The number of imide groups is 1. The topological polar surface area (TPSA) is 94.7 Å². The van der Waals surface area contributed by atoms with Crippen molar-refractivity contribution < 1.29 is 23.9 Å². The van der Waals surface area contributed by atoms with Crippen LogP contribution in [-0.2, 0) is 14.3 Å². The summed E-state index contributed by atoms with van der Waals surface area (Å²) < 4.78 is 10.2. The van der Waals surface area contributed by atoms with Crippen LogP contribution in [0.25, 0.3) is 0 Å². The lowest BCUT2D eigenvalue weighted by Gasteiger charge is -2.46. The third-order valence-electron chi connectivity index (χ3n) is 5.99. The first-order chi connectivity index (χ1) is 14.4. The molecular formula is C20H27N5O5. The molecule has 3 aliphatic rings. The summed E-state index contributed by atoms with van der Waals surface area (Å²) >= 11 is 0. The maximum Gasteiger partial charge on any atom is 0.328 e. The van der Waals surface area contributed by atoms with Crippen molar-refractivity contribution in [2.24, 2.45) is 5.92 Å². The predicted molar refractivity (Wildman–Crippen MR) is 108 cm³/mol. The van der Waals surface area contributed by atoms with Crippen LogP contribution in [0.4, 0.5) is 10.5 Å². The summed E-state index contributed by atoms with van der Waals surface area (Å²) in [5.74, 6) is -0.00547.